The molecule has 0 unspecified atom stereocenters. The summed E-state index contributed by atoms with van der Waals surface area (Å²) in [4.78, 5) is 40.4. The highest BCUT2D eigenvalue weighted by Crippen LogP contribution is 2.28. The number of rotatable bonds is 7. The third-order valence-corrected chi connectivity index (χ3v) is 5.16. The zero-order valence-electron chi connectivity index (χ0n) is 17.4. The number of hydrogen-bond acceptors (Lipinski definition) is 7. The maximum Gasteiger partial charge on any atom is 0.339 e. The van der Waals surface area contributed by atoms with Crippen LogP contribution >= 0.6 is 0 Å². The maximum atomic E-state index is 12.5. The summed E-state index contributed by atoms with van der Waals surface area (Å²) in [6.45, 7) is 4.95. The minimum Gasteiger partial charge on any atom is -0.493 e. The Hall–Kier alpha value is -2.81. The molecule has 0 bridgehead atoms. The minimum atomic E-state index is -0.858. The summed E-state index contributed by atoms with van der Waals surface area (Å²) < 4.78 is 21.5. The summed E-state index contributed by atoms with van der Waals surface area (Å²) in [5.74, 6) is -0.300. The van der Waals surface area contributed by atoms with Crippen molar-refractivity contribution in [2.24, 2.45) is 0 Å². The highest BCUT2D eigenvalue weighted by molar-refractivity contribution is 5.93. The molecule has 2 fully saturated rings. The smallest absolute Gasteiger partial charge is 0.339 e. The molecule has 30 heavy (non-hydrogen) atoms. The van der Waals surface area contributed by atoms with E-state index in [2.05, 4.69) is 0 Å². The minimum absolute atomic E-state index is 0.137. The summed E-state index contributed by atoms with van der Waals surface area (Å²) in [6, 6.07) is 4.55. The molecule has 3 rings (SSSR count). The molecule has 2 saturated heterocycles. The van der Waals surface area contributed by atoms with E-state index in [1.165, 1.54) is 19.2 Å². The number of hydrogen-bond donors (Lipinski definition) is 0. The van der Waals surface area contributed by atoms with Gasteiger partial charge in [0.25, 0.3) is 11.8 Å². The van der Waals surface area contributed by atoms with Gasteiger partial charge < -0.3 is 28.7 Å². The van der Waals surface area contributed by atoms with Crippen LogP contribution in [0.25, 0.3) is 0 Å². The van der Waals surface area contributed by atoms with E-state index in [-0.39, 0.29) is 24.0 Å². The number of nitrogens with zero attached hydrogens (tertiary/aromatic N) is 2. The van der Waals surface area contributed by atoms with Crippen LogP contribution in [0.4, 0.5) is 0 Å². The molecule has 2 heterocycles. The van der Waals surface area contributed by atoms with E-state index in [1.54, 1.807) is 22.8 Å². The first-order chi connectivity index (χ1) is 14.5. The molecule has 0 aromatic heterocycles. The van der Waals surface area contributed by atoms with E-state index in [1.807, 2.05) is 0 Å². The molecule has 1 atom stereocenters. The molecule has 1 aromatic rings. The van der Waals surface area contributed by atoms with Crippen molar-refractivity contribution in [3.63, 3.8) is 0 Å². The summed E-state index contributed by atoms with van der Waals surface area (Å²) in [6.07, 6.45) is 1.08. The van der Waals surface area contributed by atoms with Crippen LogP contribution in [0.3, 0.4) is 0 Å². The predicted molar refractivity (Wildman–Crippen MR) is 107 cm³/mol. The fourth-order valence-electron chi connectivity index (χ4n) is 3.43. The van der Waals surface area contributed by atoms with Crippen LogP contribution in [0.5, 0.6) is 11.5 Å². The summed E-state index contributed by atoms with van der Waals surface area (Å²) in [5.41, 5.74) is 0.236. The Bertz CT molecular complexity index is 771. The second-order valence-electron chi connectivity index (χ2n) is 7.23. The topological polar surface area (TPSA) is 94.6 Å². The molecule has 0 radical (unpaired) electrons. The number of carbonyl (C=O) groups excluding carboxylic acids is 3. The second-order valence-corrected chi connectivity index (χ2v) is 7.23. The first-order valence-corrected chi connectivity index (χ1v) is 10.2. The molecule has 2 aliphatic rings. The highest BCUT2D eigenvalue weighted by atomic mass is 16.5. The van der Waals surface area contributed by atoms with Gasteiger partial charge in [0.1, 0.15) is 0 Å². The van der Waals surface area contributed by atoms with E-state index in [9.17, 15) is 14.4 Å². The predicted octanol–water partition coefficient (Wildman–Crippen LogP) is 1.10. The first-order valence-electron chi connectivity index (χ1n) is 10.2. The van der Waals surface area contributed by atoms with Gasteiger partial charge in [0.15, 0.2) is 24.2 Å². The largest absolute Gasteiger partial charge is 0.493 e. The number of ether oxygens (including phenoxy) is 4. The molecule has 1 aromatic carbocycles. The summed E-state index contributed by atoms with van der Waals surface area (Å²) >= 11 is 0. The molecular formula is C21H28N2O7. The average Bonchev–Trinajstić information content (AvgIpc) is 3.32. The van der Waals surface area contributed by atoms with Crippen molar-refractivity contribution in [1.82, 2.24) is 9.80 Å². The zero-order chi connectivity index (χ0) is 21.5. The Morgan fingerprint density at radius 2 is 1.73 bits per heavy atom. The number of carbonyl (C=O) groups is 3. The van der Waals surface area contributed by atoms with Gasteiger partial charge in [0, 0.05) is 26.2 Å². The third-order valence-electron chi connectivity index (χ3n) is 5.16. The molecule has 0 N–H and O–H groups in total. The number of methoxy groups -OCH3 is 1. The Labute approximate surface area is 175 Å². The number of esters is 1. The molecule has 9 nitrogen and oxygen atoms in total. The molecule has 9 heteroatoms. The van der Waals surface area contributed by atoms with E-state index < -0.39 is 12.1 Å². The Kier molecular flexibility index (Phi) is 7.51. The standard InChI is InChI=1S/C21H28N2O7/c1-15(20(25)23-7-3-4-8-23)30-21(26)16-5-6-17(18(13-16)27-2)29-14-19(24)22-9-11-28-12-10-22/h5-6,13,15H,3-4,7-12,14H2,1-2H3/t15-/m1/s1. The van der Waals surface area contributed by atoms with Gasteiger partial charge >= 0.3 is 5.97 Å². The first kappa shape index (κ1) is 21.9. The lowest BCUT2D eigenvalue weighted by atomic mass is 10.2. The highest BCUT2D eigenvalue weighted by Gasteiger charge is 2.26. The fraction of sp³-hybridized carbons (Fsp3) is 0.571. The Balaban J connectivity index is 1.57. The van der Waals surface area contributed by atoms with Crippen LogP contribution in [-0.2, 0) is 19.1 Å². The molecule has 2 aliphatic heterocycles. The van der Waals surface area contributed by atoms with Gasteiger partial charge in [-0.25, -0.2) is 4.79 Å². The molecule has 0 saturated carbocycles. The van der Waals surface area contributed by atoms with Gasteiger partial charge in [0.2, 0.25) is 0 Å². The van der Waals surface area contributed by atoms with Gasteiger partial charge in [0.05, 0.1) is 25.9 Å². The van der Waals surface area contributed by atoms with Crippen molar-refractivity contribution in [2.75, 3.05) is 53.1 Å². The molecule has 0 spiro atoms. The summed E-state index contributed by atoms with van der Waals surface area (Å²) in [7, 11) is 1.45. The van der Waals surface area contributed by atoms with Crippen molar-refractivity contribution in [2.45, 2.75) is 25.9 Å². The van der Waals surface area contributed by atoms with Crippen LogP contribution in [0.2, 0.25) is 0 Å². The Morgan fingerprint density at radius 1 is 1.03 bits per heavy atom. The SMILES string of the molecule is COc1cc(C(=O)O[C@H](C)C(=O)N2CCCC2)ccc1OCC(=O)N1CCOCC1. The van der Waals surface area contributed by atoms with Crippen LogP contribution in [-0.4, -0.2) is 86.8 Å². The number of likely N-dealkylation sites (tertiary alicyclic amines) is 1. The van der Waals surface area contributed by atoms with E-state index in [0.29, 0.717) is 50.9 Å². The van der Waals surface area contributed by atoms with Crippen molar-refractivity contribution < 1.29 is 33.3 Å². The average molecular weight is 420 g/mol. The maximum absolute atomic E-state index is 12.5. The van der Waals surface area contributed by atoms with Crippen molar-refractivity contribution >= 4 is 17.8 Å². The lowest BCUT2D eigenvalue weighted by Gasteiger charge is -2.26. The molecule has 0 aliphatic carbocycles. The molecule has 164 valence electrons. The molecular weight excluding hydrogens is 392 g/mol. The monoisotopic (exact) mass is 420 g/mol. The Morgan fingerprint density at radius 3 is 2.40 bits per heavy atom. The third kappa shape index (κ3) is 5.41. The van der Waals surface area contributed by atoms with Crippen molar-refractivity contribution in [3.05, 3.63) is 23.8 Å². The quantitative estimate of drug-likeness (QED) is 0.610. The van der Waals surface area contributed by atoms with Gasteiger partial charge in [-0.05, 0) is 38.0 Å². The van der Waals surface area contributed by atoms with Crippen molar-refractivity contribution in [1.29, 1.82) is 0 Å². The van der Waals surface area contributed by atoms with E-state index in [4.69, 9.17) is 18.9 Å². The van der Waals surface area contributed by atoms with Crippen molar-refractivity contribution in [3.8, 4) is 11.5 Å². The van der Waals surface area contributed by atoms with Gasteiger partial charge in [-0.2, -0.15) is 0 Å². The van der Waals surface area contributed by atoms with Gasteiger partial charge in [-0.1, -0.05) is 0 Å². The van der Waals surface area contributed by atoms with Crippen LogP contribution in [0.15, 0.2) is 18.2 Å². The van der Waals surface area contributed by atoms with Crippen LogP contribution in [0.1, 0.15) is 30.1 Å². The van der Waals surface area contributed by atoms with Gasteiger partial charge in [-0.3, -0.25) is 9.59 Å². The second kappa shape index (κ2) is 10.3. The zero-order valence-corrected chi connectivity index (χ0v) is 17.4. The summed E-state index contributed by atoms with van der Waals surface area (Å²) in [5, 5.41) is 0. The van der Waals surface area contributed by atoms with Crippen LogP contribution in [0, 0.1) is 0 Å². The lowest BCUT2D eigenvalue weighted by Crippen LogP contribution is -2.43. The lowest BCUT2D eigenvalue weighted by molar-refractivity contribution is -0.138. The normalized spacial score (nSPS) is 17.4. The van der Waals surface area contributed by atoms with Gasteiger partial charge in [-0.15, -0.1) is 0 Å². The number of morpholine rings is 1. The van der Waals surface area contributed by atoms with E-state index in [0.717, 1.165) is 12.8 Å². The number of benzene rings is 1. The molecule has 2 amide bonds. The number of amides is 2. The van der Waals surface area contributed by atoms with E-state index >= 15 is 0 Å². The fourth-order valence-corrected chi connectivity index (χ4v) is 3.43. The van der Waals surface area contributed by atoms with Crippen LogP contribution < -0.4 is 9.47 Å².